The fourth-order valence-corrected chi connectivity index (χ4v) is 3.31. The smallest absolute Gasteiger partial charge is 0.322 e. The number of nitro groups is 1. The molecule has 0 bridgehead atoms. The van der Waals surface area contributed by atoms with Gasteiger partial charge in [0.25, 0.3) is 0 Å². The van der Waals surface area contributed by atoms with Gasteiger partial charge in [0.15, 0.2) is 5.75 Å². The first-order valence-corrected chi connectivity index (χ1v) is 9.90. The van der Waals surface area contributed by atoms with E-state index in [4.69, 9.17) is 9.47 Å². The zero-order chi connectivity index (χ0) is 21.5. The zero-order valence-corrected chi connectivity index (χ0v) is 17.4. The molecule has 0 amide bonds. The third-order valence-corrected chi connectivity index (χ3v) is 4.99. The van der Waals surface area contributed by atoms with Gasteiger partial charge >= 0.3 is 5.69 Å². The number of hydrogen-bond acceptors (Lipinski definition) is 6. The fraction of sp³-hybridized carbons (Fsp3) is 0.318. The Kier molecular flexibility index (Phi) is 7.03. The molecule has 0 radical (unpaired) electrons. The molecule has 3 rings (SSSR count). The first-order valence-electron chi connectivity index (χ1n) is 9.90. The summed E-state index contributed by atoms with van der Waals surface area (Å²) >= 11 is 0. The number of hydrogen-bond donors (Lipinski definition) is 1. The molecule has 0 fully saturated rings. The summed E-state index contributed by atoms with van der Waals surface area (Å²) in [5.41, 5.74) is 1.90. The van der Waals surface area contributed by atoms with Crippen LogP contribution in [0.4, 0.5) is 5.69 Å². The van der Waals surface area contributed by atoms with E-state index in [-0.39, 0.29) is 11.4 Å². The fourth-order valence-electron chi connectivity index (χ4n) is 3.31. The van der Waals surface area contributed by atoms with Crippen LogP contribution in [0.1, 0.15) is 25.1 Å². The summed E-state index contributed by atoms with van der Waals surface area (Å²) in [5, 5.41) is 20.0. The largest absolute Gasteiger partial charge is 0.488 e. The first-order chi connectivity index (χ1) is 14.6. The molecule has 0 atom stereocenters. The molecule has 0 saturated carbocycles. The molecule has 30 heavy (non-hydrogen) atoms. The lowest BCUT2D eigenvalue weighted by atomic mass is 10.1. The van der Waals surface area contributed by atoms with Crippen molar-refractivity contribution in [1.29, 1.82) is 0 Å². The summed E-state index contributed by atoms with van der Waals surface area (Å²) in [5.74, 6) is 0.479. The third kappa shape index (κ3) is 4.60. The third-order valence-electron chi connectivity index (χ3n) is 4.99. The van der Waals surface area contributed by atoms with Crippen LogP contribution in [0.5, 0.6) is 11.5 Å². The molecular weight excluding hydrogens is 384 g/mol. The molecule has 3 aromatic rings. The maximum Gasteiger partial charge on any atom is 0.322 e. The molecule has 2 aromatic carbocycles. The number of methoxy groups -OCH3 is 1. The number of nitrogens with zero attached hydrogens (tertiary/aromatic N) is 3. The number of benzene rings is 2. The van der Waals surface area contributed by atoms with Gasteiger partial charge in [-0.3, -0.25) is 15.2 Å². The molecule has 8 heteroatoms. The highest BCUT2D eigenvalue weighted by Gasteiger charge is 2.24. The second-order valence-electron chi connectivity index (χ2n) is 6.65. The zero-order valence-electron chi connectivity index (χ0n) is 17.4. The van der Waals surface area contributed by atoms with Crippen molar-refractivity contribution in [3.05, 3.63) is 57.8 Å². The summed E-state index contributed by atoms with van der Waals surface area (Å²) in [6, 6.07) is 11.1. The highest BCUT2D eigenvalue weighted by Crippen LogP contribution is 2.40. The molecular formula is C22H26N4O4. The van der Waals surface area contributed by atoms with Crippen LogP contribution in [0.25, 0.3) is 23.1 Å². The molecule has 0 unspecified atom stereocenters. The number of para-hydroxylation sites is 1. The van der Waals surface area contributed by atoms with Crippen LogP contribution in [-0.2, 0) is 0 Å². The minimum absolute atomic E-state index is 0.119. The van der Waals surface area contributed by atoms with Gasteiger partial charge in [-0.15, -0.1) is 0 Å². The molecule has 0 spiro atoms. The van der Waals surface area contributed by atoms with Crippen molar-refractivity contribution in [2.75, 3.05) is 33.4 Å². The van der Waals surface area contributed by atoms with Crippen LogP contribution in [-0.4, -0.2) is 53.4 Å². The molecule has 0 aliphatic rings. The van der Waals surface area contributed by atoms with Crippen LogP contribution in [0.2, 0.25) is 0 Å². The lowest BCUT2D eigenvalue weighted by molar-refractivity contribution is -0.386. The van der Waals surface area contributed by atoms with Gasteiger partial charge in [-0.1, -0.05) is 32.0 Å². The number of H-pyrrole nitrogens is 1. The number of fused-ring (bicyclic) bond motifs is 1. The number of rotatable bonds is 10. The van der Waals surface area contributed by atoms with E-state index in [2.05, 4.69) is 28.9 Å². The monoisotopic (exact) mass is 410 g/mol. The maximum absolute atomic E-state index is 11.8. The van der Waals surface area contributed by atoms with Crippen molar-refractivity contribution in [2.24, 2.45) is 0 Å². The minimum Gasteiger partial charge on any atom is -0.488 e. The van der Waals surface area contributed by atoms with Gasteiger partial charge in [0.2, 0.25) is 5.75 Å². The van der Waals surface area contributed by atoms with Crippen molar-refractivity contribution in [3.63, 3.8) is 0 Å². The van der Waals surface area contributed by atoms with E-state index < -0.39 is 4.92 Å². The summed E-state index contributed by atoms with van der Waals surface area (Å²) in [6.07, 6.45) is 3.42. The Morgan fingerprint density at radius 3 is 2.63 bits per heavy atom. The molecule has 158 valence electrons. The van der Waals surface area contributed by atoms with Crippen molar-refractivity contribution < 1.29 is 14.4 Å². The van der Waals surface area contributed by atoms with Crippen LogP contribution >= 0.6 is 0 Å². The number of likely N-dealkylation sites (N-methyl/N-ethyl adjacent to an activating group) is 1. The van der Waals surface area contributed by atoms with Crippen LogP contribution in [0, 0.1) is 10.1 Å². The number of nitro benzene ring substituents is 1. The van der Waals surface area contributed by atoms with Crippen molar-refractivity contribution >= 4 is 28.7 Å². The second-order valence-corrected chi connectivity index (χ2v) is 6.65. The molecule has 1 heterocycles. The Balaban J connectivity index is 1.88. The molecule has 0 saturated heterocycles. The number of nitrogens with one attached hydrogen (secondary N) is 1. The standard InChI is InChI=1S/C22H26N4O4/c1-4-25(5-2)14-15-30-20-13-11-16(21(26(27)28)22(20)29-3)10-12-19-17-8-6-7-9-18(17)23-24-19/h6-13H,4-5,14-15H2,1-3H3,(H,23,24). The molecule has 0 aliphatic carbocycles. The van der Waals surface area contributed by atoms with Crippen LogP contribution < -0.4 is 9.47 Å². The quantitative estimate of drug-likeness (QED) is 0.394. The van der Waals surface area contributed by atoms with Gasteiger partial charge in [0, 0.05) is 11.9 Å². The Hall–Kier alpha value is -3.39. The van der Waals surface area contributed by atoms with Crippen molar-refractivity contribution in [3.8, 4) is 11.5 Å². The summed E-state index contributed by atoms with van der Waals surface area (Å²) in [6.45, 7) is 7.16. The average molecular weight is 410 g/mol. The lowest BCUT2D eigenvalue weighted by Crippen LogP contribution is -2.28. The van der Waals surface area contributed by atoms with Gasteiger partial charge in [0.05, 0.1) is 28.8 Å². The summed E-state index contributed by atoms with van der Waals surface area (Å²) in [7, 11) is 1.41. The summed E-state index contributed by atoms with van der Waals surface area (Å²) in [4.78, 5) is 13.6. The highest BCUT2D eigenvalue weighted by atomic mass is 16.6. The lowest BCUT2D eigenvalue weighted by Gasteiger charge is -2.18. The molecule has 8 nitrogen and oxygen atoms in total. The number of aromatic nitrogens is 2. The van der Waals surface area contributed by atoms with Gasteiger partial charge < -0.3 is 14.4 Å². The molecule has 1 N–H and O–H groups in total. The predicted octanol–water partition coefficient (Wildman–Crippen LogP) is 4.37. The van der Waals surface area contributed by atoms with Gasteiger partial charge in [-0.25, -0.2) is 0 Å². The summed E-state index contributed by atoms with van der Waals surface area (Å²) < 4.78 is 11.2. The van der Waals surface area contributed by atoms with Gasteiger partial charge in [-0.2, -0.15) is 5.10 Å². The van der Waals surface area contributed by atoms with E-state index in [1.54, 1.807) is 24.3 Å². The minimum atomic E-state index is -0.446. The van der Waals surface area contributed by atoms with Crippen LogP contribution in [0.3, 0.4) is 0 Å². The van der Waals surface area contributed by atoms with E-state index >= 15 is 0 Å². The van der Waals surface area contributed by atoms with Crippen molar-refractivity contribution in [1.82, 2.24) is 15.1 Å². The Morgan fingerprint density at radius 1 is 1.17 bits per heavy atom. The number of aromatic amines is 1. The van der Waals surface area contributed by atoms with E-state index in [9.17, 15) is 10.1 Å². The number of ether oxygens (including phenoxy) is 2. The molecule has 0 aliphatic heterocycles. The van der Waals surface area contributed by atoms with E-state index in [1.807, 2.05) is 24.3 Å². The SMILES string of the molecule is CCN(CC)CCOc1ccc(C=Cc2n[nH]c3ccccc23)c([N+](=O)[O-])c1OC. The Bertz CT molecular complexity index is 1040. The maximum atomic E-state index is 11.8. The van der Waals surface area contributed by atoms with Crippen LogP contribution in [0.15, 0.2) is 36.4 Å². The first kappa shape index (κ1) is 21.3. The Morgan fingerprint density at radius 2 is 1.93 bits per heavy atom. The highest BCUT2D eigenvalue weighted by molar-refractivity contribution is 5.90. The topological polar surface area (TPSA) is 93.5 Å². The Labute approximate surface area is 175 Å². The predicted molar refractivity (Wildman–Crippen MR) is 118 cm³/mol. The van der Waals surface area contributed by atoms with Crippen molar-refractivity contribution in [2.45, 2.75) is 13.8 Å². The van der Waals surface area contributed by atoms with Gasteiger partial charge in [0.1, 0.15) is 6.61 Å². The van der Waals surface area contributed by atoms with Gasteiger partial charge in [-0.05, 0) is 43.4 Å². The normalized spacial score (nSPS) is 11.5. The molecule has 1 aromatic heterocycles. The van der Waals surface area contributed by atoms with E-state index in [1.165, 1.54) is 7.11 Å². The van der Waals surface area contributed by atoms with E-state index in [0.717, 1.165) is 30.5 Å². The average Bonchev–Trinajstić information content (AvgIpc) is 3.18. The second kappa shape index (κ2) is 9.89. The van der Waals surface area contributed by atoms with E-state index in [0.29, 0.717) is 23.6 Å².